The molecule has 8 nitrogen and oxygen atoms in total. The molecule has 0 saturated heterocycles. The van der Waals surface area contributed by atoms with Gasteiger partial charge in [-0.3, -0.25) is 9.59 Å². The van der Waals surface area contributed by atoms with Gasteiger partial charge in [0.25, 0.3) is 11.1 Å². The van der Waals surface area contributed by atoms with Gasteiger partial charge < -0.3 is 28.8 Å². The van der Waals surface area contributed by atoms with Gasteiger partial charge in [0.2, 0.25) is 6.79 Å². The first kappa shape index (κ1) is 21.5. The van der Waals surface area contributed by atoms with E-state index in [1.807, 2.05) is 13.8 Å². The van der Waals surface area contributed by atoms with E-state index in [0.717, 1.165) is 6.07 Å². The standard InChI is InChI=1S/C24H26N2O6/c1-5-25-13(3)9-16(27)23(24(25)30)22(15-7-8-18-19(10-15)32-12-31-18)21-14(4)26(6-2)20(29)11-17(21)28/h7-11,22,27-28H,5-6,12H2,1-4H3/t22-/m0/s1. The third kappa shape index (κ3) is 3.32. The summed E-state index contributed by atoms with van der Waals surface area (Å²) < 4.78 is 14.0. The number of benzene rings is 1. The molecule has 0 bridgehead atoms. The van der Waals surface area contributed by atoms with Crippen molar-refractivity contribution in [2.45, 2.75) is 46.7 Å². The van der Waals surface area contributed by atoms with Crippen LogP contribution in [-0.2, 0) is 13.1 Å². The average molecular weight is 438 g/mol. The second kappa shape index (κ2) is 8.11. The molecular formula is C24H26N2O6. The summed E-state index contributed by atoms with van der Waals surface area (Å²) in [4.78, 5) is 25.9. The lowest BCUT2D eigenvalue weighted by atomic mass is 9.83. The Labute approximate surface area is 184 Å². The highest BCUT2D eigenvalue weighted by Gasteiger charge is 2.31. The van der Waals surface area contributed by atoms with Gasteiger partial charge in [-0.2, -0.15) is 0 Å². The van der Waals surface area contributed by atoms with E-state index >= 15 is 0 Å². The maximum absolute atomic E-state index is 13.5. The van der Waals surface area contributed by atoms with E-state index in [0.29, 0.717) is 47.1 Å². The smallest absolute Gasteiger partial charge is 0.258 e. The quantitative estimate of drug-likeness (QED) is 0.635. The molecule has 1 atom stereocenters. The average Bonchev–Trinajstić information content (AvgIpc) is 3.20. The van der Waals surface area contributed by atoms with Gasteiger partial charge in [-0.05, 0) is 51.5 Å². The minimum atomic E-state index is -0.839. The number of pyridine rings is 2. The van der Waals surface area contributed by atoms with E-state index in [-0.39, 0.29) is 35.0 Å². The number of aromatic nitrogens is 2. The van der Waals surface area contributed by atoms with Crippen molar-refractivity contribution in [1.82, 2.24) is 9.13 Å². The van der Waals surface area contributed by atoms with Gasteiger partial charge in [0.15, 0.2) is 11.5 Å². The van der Waals surface area contributed by atoms with Crippen LogP contribution < -0.4 is 20.6 Å². The summed E-state index contributed by atoms with van der Waals surface area (Å²) in [5, 5.41) is 21.8. The number of aryl methyl sites for hydroxylation is 1. The zero-order valence-electron chi connectivity index (χ0n) is 18.5. The number of hydrogen-bond acceptors (Lipinski definition) is 6. The van der Waals surface area contributed by atoms with Gasteiger partial charge in [-0.25, -0.2) is 0 Å². The molecule has 3 aromatic rings. The van der Waals surface area contributed by atoms with Crippen molar-refractivity contribution in [3.8, 4) is 23.0 Å². The van der Waals surface area contributed by atoms with Crippen molar-refractivity contribution in [2.24, 2.45) is 0 Å². The zero-order valence-corrected chi connectivity index (χ0v) is 18.5. The van der Waals surface area contributed by atoms with Crippen LogP contribution in [0.15, 0.2) is 39.9 Å². The van der Waals surface area contributed by atoms with Crippen LogP contribution in [0.1, 0.15) is 47.8 Å². The molecule has 0 aliphatic carbocycles. The first-order chi connectivity index (χ1) is 15.3. The molecule has 2 aromatic heterocycles. The predicted molar refractivity (Wildman–Crippen MR) is 119 cm³/mol. The van der Waals surface area contributed by atoms with Crippen molar-refractivity contribution in [1.29, 1.82) is 0 Å². The Morgan fingerprint density at radius 3 is 2.25 bits per heavy atom. The minimum absolute atomic E-state index is 0.0901. The molecule has 0 saturated carbocycles. The number of aromatic hydroxyl groups is 2. The molecule has 0 fully saturated rings. The van der Waals surface area contributed by atoms with Crippen molar-refractivity contribution in [3.05, 3.63) is 79.1 Å². The Morgan fingerprint density at radius 2 is 1.56 bits per heavy atom. The fourth-order valence-corrected chi connectivity index (χ4v) is 4.52. The molecule has 0 unspecified atom stereocenters. The van der Waals surface area contributed by atoms with Crippen LogP contribution in [0.3, 0.4) is 0 Å². The van der Waals surface area contributed by atoms with Crippen LogP contribution in [0, 0.1) is 13.8 Å². The van der Waals surface area contributed by atoms with Crippen LogP contribution in [-0.4, -0.2) is 26.1 Å². The minimum Gasteiger partial charge on any atom is -0.507 e. The molecule has 32 heavy (non-hydrogen) atoms. The number of fused-ring (bicyclic) bond motifs is 1. The summed E-state index contributed by atoms with van der Waals surface area (Å²) in [7, 11) is 0. The van der Waals surface area contributed by atoms with E-state index in [1.54, 1.807) is 42.7 Å². The van der Waals surface area contributed by atoms with Gasteiger partial charge >= 0.3 is 0 Å². The second-order valence-electron chi connectivity index (χ2n) is 7.79. The topological polar surface area (TPSA) is 103 Å². The molecule has 0 radical (unpaired) electrons. The molecule has 0 spiro atoms. The normalized spacial score (nSPS) is 13.4. The van der Waals surface area contributed by atoms with Crippen LogP contribution in [0.4, 0.5) is 0 Å². The van der Waals surface area contributed by atoms with Gasteiger partial charge in [-0.1, -0.05) is 6.07 Å². The number of nitrogens with zero attached hydrogens (tertiary/aromatic N) is 2. The third-order valence-electron chi connectivity index (χ3n) is 6.06. The first-order valence-electron chi connectivity index (χ1n) is 10.5. The maximum atomic E-state index is 13.5. The van der Waals surface area contributed by atoms with E-state index in [2.05, 4.69) is 0 Å². The molecule has 1 aromatic carbocycles. The Morgan fingerprint density at radius 1 is 0.906 bits per heavy atom. The largest absolute Gasteiger partial charge is 0.507 e. The highest BCUT2D eigenvalue weighted by atomic mass is 16.7. The van der Waals surface area contributed by atoms with Gasteiger partial charge in [-0.15, -0.1) is 0 Å². The monoisotopic (exact) mass is 438 g/mol. The number of hydrogen-bond donors (Lipinski definition) is 2. The highest BCUT2D eigenvalue weighted by Crippen LogP contribution is 2.43. The first-order valence-corrected chi connectivity index (χ1v) is 10.5. The number of rotatable bonds is 5. The molecule has 8 heteroatoms. The third-order valence-corrected chi connectivity index (χ3v) is 6.06. The summed E-state index contributed by atoms with van der Waals surface area (Å²) in [5.74, 6) is -0.161. The maximum Gasteiger partial charge on any atom is 0.258 e. The molecule has 168 valence electrons. The van der Waals surface area contributed by atoms with Crippen LogP contribution >= 0.6 is 0 Å². The molecule has 3 heterocycles. The lowest BCUT2D eigenvalue weighted by Crippen LogP contribution is -2.29. The summed E-state index contributed by atoms with van der Waals surface area (Å²) in [6.07, 6.45) is 0. The van der Waals surface area contributed by atoms with Crippen LogP contribution in [0.25, 0.3) is 0 Å². The van der Waals surface area contributed by atoms with Gasteiger partial charge in [0, 0.05) is 42.0 Å². The fraction of sp³-hybridized carbons (Fsp3) is 0.333. The summed E-state index contributed by atoms with van der Waals surface area (Å²) >= 11 is 0. The van der Waals surface area contributed by atoms with E-state index in [4.69, 9.17) is 9.47 Å². The summed E-state index contributed by atoms with van der Waals surface area (Å²) in [6, 6.07) is 7.93. The summed E-state index contributed by atoms with van der Waals surface area (Å²) in [5.41, 5.74) is 1.56. The fourth-order valence-electron chi connectivity index (χ4n) is 4.52. The molecule has 1 aliphatic rings. The second-order valence-corrected chi connectivity index (χ2v) is 7.79. The molecule has 0 amide bonds. The van der Waals surface area contributed by atoms with Crippen molar-refractivity contribution >= 4 is 0 Å². The molecular weight excluding hydrogens is 412 g/mol. The van der Waals surface area contributed by atoms with E-state index < -0.39 is 5.92 Å². The Kier molecular flexibility index (Phi) is 5.46. The lowest BCUT2D eigenvalue weighted by Gasteiger charge is -2.25. The molecule has 2 N–H and O–H groups in total. The lowest BCUT2D eigenvalue weighted by molar-refractivity contribution is 0.174. The summed E-state index contributed by atoms with van der Waals surface area (Å²) in [6.45, 7) is 8.07. The highest BCUT2D eigenvalue weighted by molar-refractivity contribution is 5.56. The Bertz CT molecular complexity index is 1320. The van der Waals surface area contributed by atoms with Crippen LogP contribution in [0.5, 0.6) is 23.0 Å². The van der Waals surface area contributed by atoms with Crippen molar-refractivity contribution in [2.75, 3.05) is 6.79 Å². The Hall–Kier alpha value is -3.68. The van der Waals surface area contributed by atoms with E-state index in [1.165, 1.54) is 4.57 Å². The van der Waals surface area contributed by atoms with Crippen molar-refractivity contribution in [3.63, 3.8) is 0 Å². The van der Waals surface area contributed by atoms with Crippen LogP contribution in [0.2, 0.25) is 0 Å². The van der Waals surface area contributed by atoms with Crippen molar-refractivity contribution < 1.29 is 19.7 Å². The number of ether oxygens (including phenoxy) is 2. The van der Waals surface area contributed by atoms with Gasteiger partial charge in [0.05, 0.1) is 5.56 Å². The molecule has 4 rings (SSSR count). The van der Waals surface area contributed by atoms with Gasteiger partial charge in [0.1, 0.15) is 11.5 Å². The molecule has 1 aliphatic heterocycles. The predicted octanol–water partition coefficient (Wildman–Crippen LogP) is 2.99. The zero-order chi connectivity index (χ0) is 23.2. The Balaban J connectivity index is 2.10. The SMILES string of the molecule is CCn1c(C)c([C@H](c2ccc3c(c2)OCO3)c2c(O)cc(C)n(CC)c2=O)c(O)cc1=O. The van der Waals surface area contributed by atoms with E-state index in [9.17, 15) is 19.8 Å².